The molecule has 2 aliphatic heterocycles. The van der Waals surface area contributed by atoms with Crippen LogP contribution in [0.5, 0.6) is 0 Å². The van der Waals surface area contributed by atoms with Crippen LogP contribution in [0.15, 0.2) is 146 Å². The van der Waals surface area contributed by atoms with Crippen molar-refractivity contribution in [2.45, 2.75) is 0 Å². The molecule has 235 valence electrons. The fraction of sp³-hybridized carbons (Fsp3) is 0.0476. The topological polar surface area (TPSA) is 13.0 Å². The minimum Gasteiger partial charge on any atom is -0.504 e. The third kappa shape index (κ3) is 6.59. The molecule has 6 aromatic rings. The van der Waals surface area contributed by atoms with Crippen LogP contribution in [0.25, 0.3) is 28.3 Å². The molecular formula is C42H34IrN4-4. The van der Waals surface area contributed by atoms with E-state index in [2.05, 4.69) is 187 Å². The summed E-state index contributed by atoms with van der Waals surface area (Å²) in [5.74, 6) is 0. The number of anilines is 6. The molecule has 0 spiro atoms. The fourth-order valence-electron chi connectivity index (χ4n) is 5.90. The van der Waals surface area contributed by atoms with Gasteiger partial charge in [0.25, 0.3) is 0 Å². The Morgan fingerprint density at radius 2 is 0.936 bits per heavy atom. The maximum atomic E-state index is 3.81. The molecule has 0 aliphatic carbocycles. The summed E-state index contributed by atoms with van der Waals surface area (Å²) >= 11 is 0. The minimum atomic E-state index is 0. The molecule has 0 saturated heterocycles. The molecule has 0 saturated carbocycles. The van der Waals surface area contributed by atoms with E-state index in [1.165, 1.54) is 45.0 Å². The summed E-state index contributed by atoms with van der Waals surface area (Å²) in [5, 5.41) is 0. The summed E-state index contributed by atoms with van der Waals surface area (Å²) in [6, 6.07) is 54.9. The molecule has 0 N–H and O–H groups in total. The number of benzene rings is 6. The number of rotatable bonds is 5. The summed E-state index contributed by atoms with van der Waals surface area (Å²) in [4.78, 5) is 8.63. The first-order chi connectivity index (χ1) is 22.6. The summed E-state index contributed by atoms with van der Waals surface area (Å²) < 4.78 is 0. The van der Waals surface area contributed by atoms with Crippen molar-refractivity contribution in [1.82, 2.24) is 0 Å². The van der Waals surface area contributed by atoms with Crippen molar-refractivity contribution in [1.29, 1.82) is 0 Å². The van der Waals surface area contributed by atoms with Gasteiger partial charge in [-0.3, -0.25) is 0 Å². The number of nitrogens with zero attached hydrogens (tertiary/aromatic N) is 4. The second-order valence-corrected chi connectivity index (χ2v) is 11.3. The van der Waals surface area contributed by atoms with Gasteiger partial charge < -0.3 is 19.6 Å². The Morgan fingerprint density at radius 1 is 0.511 bits per heavy atom. The van der Waals surface area contributed by atoms with E-state index in [0.29, 0.717) is 0 Å². The summed E-state index contributed by atoms with van der Waals surface area (Å²) in [5.41, 5.74) is 12.8. The van der Waals surface area contributed by atoms with Gasteiger partial charge in [-0.1, -0.05) is 91.5 Å². The van der Waals surface area contributed by atoms with Gasteiger partial charge in [0.1, 0.15) is 0 Å². The number of para-hydroxylation sites is 4. The molecular weight excluding hydrogens is 753 g/mol. The van der Waals surface area contributed by atoms with Crippen LogP contribution >= 0.6 is 0 Å². The average Bonchev–Trinajstić information content (AvgIpc) is 3.65. The normalized spacial score (nSPS) is 12.9. The number of hydrogen-bond donors (Lipinski definition) is 0. The van der Waals surface area contributed by atoms with E-state index < -0.39 is 0 Å². The van der Waals surface area contributed by atoms with Gasteiger partial charge >= 0.3 is 0 Å². The smallest absolute Gasteiger partial charge is 0.0326 e. The zero-order valence-corrected chi connectivity index (χ0v) is 28.7. The van der Waals surface area contributed by atoms with Crippen LogP contribution in [0.4, 0.5) is 34.1 Å². The predicted molar refractivity (Wildman–Crippen MR) is 194 cm³/mol. The standard InChI is InChI=1S/C22H18N2.C20H16N2.Ir/c1-3-17-11-13-18(14-12-17)19-7-6-8-20(15-19)24-16-23(2)21-9-4-5-10-22(21)24;1-21-15-22(20-13-6-5-12-19(20)21)18-11-7-10-17(14-18)16-8-3-2-4-9-16;/h3-7,9-16H,1H2,2H3;2-10,12-15H,1H3;/q2*-2;. The Hall–Kier alpha value is -5.09. The van der Waals surface area contributed by atoms with Gasteiger partial charge in [0.15, 0.2) is 0 Å². The van der Waals surface area contributed by atoms with Gasteiger partial charge in [-0.15, -0.1) is 34.6 Å². The average molecular weight is 787 g/mol. The molecule has 4 nitrogen and oxygen atoms in total. The predicted octanol–water partition coefficient (Wildman–Crippen LogP) is 10.4. The molecule has 0 amide bonds. The van der Waals surface area contributed by atoms with E-state index in [0.717, 1.165) is 16.9 Å². The Bertz CT molecular complexity index is 1970. The molecule has 0 unspecified atom stereocenters. The van der Waals surface area contributed by atoms with Gasteiger partial charge in [-0.2, -0.15) is 49.7 Å². The SMILES string of the molecule is C=Cc1ccc(-c2cc[c-]c(N3[CH-]N(C)c4ccccc43)c2)cc1.CN1[CH-]N(c2[c-]ccc(-c3ccccc3)c2)c2ccccc21.[Ir]. The van der Waals surface area contributed by atoms with Crippen molar-refractivity contribution in [2.24, 2.45) is 0 Å². The van der Waals surface area contributed by atoms with Crippen molar-refractivity contribution in [3.8, 4) is 22.3 Å². The van der Waals surface area contributed by atoms with Crippen molar-refractivity contribution in [3.63, 3.8) is 0 Å². The second-order valence-electron chi connectivity index (χ2n) is 11.3. The van der Waals surface area contributed by atoms with E-state index in [9.17, 15) is 0 Å². The van der Waals surface area contributed by atoms with Crippen LogP contribution in [0, 0.1) is 25.5 Å². The molecule has 0 aromatic heterocycles. The van der Waals surface area contributed by atoms with E-state index >= 15 is 0 Å². The maximum Gasteiger partial charge on any atom is 0.0326 e. The second kappa shape index (κ2) is 14.1. The third-order valence-corrected chi connectivity index (χ3v) is 8.30. The zero-order valence-electron chi connectivity index (χ0n) is 26.3. The fourth-order valence-corrected chi connectivity index (χ4v) is 5.90. The van der Waals surface area contributed by atoms with Crippen LogP contribution in [0.3, 0.4) is 0 Å². The number of fused-ring (bicyclic) bond motifs is 2. The first-order valence-corrected chi connectivity index (χ1v) is 15.3. The molecule has 1 radical (unpaired) electrons. The monoisotopic (exact) mass is 787 g/mol. The zero-order chi connectivity index (χ0) is 31.5. The van der Waals surface area contributed by atoms with Gasteiger partial charge in [0.2, 0.25) is 0 Å². The van der Waals surface area contributed by atoms with Gasteiger partial charge in [0, 0.05) is 42.9 Å². The molecule has 2 aliphatic rings. The third-order valence-electron chi connectivity index (χ3n) is 8.30. The summed E-state index contributed by atoms with van der Waals surface area (Å²) in [6.45, 7) is 8.01. The Balaban J connectivity index is 0.000000161. The molecule has 8 rings (SSSR count). The van der Waals surface area contributed by atoms with Crippen LogP contribution in [0.2, 0.25) is 0 Å². The van der Waals surface area contributed by atoms with Gasteiger partial charge in [-0.25, -0.2) is 0 Å². The molecule has 0 bridgehead atoms. The molecule has 6 aromatic carbocycles. The summed E-state index contributed by atoms with van der Waals surface area (Å²) in [7, 11) is 4.14. The first-order valence-electron chi connectivity index (χ1n) is 15.3. The molecule has 5 heteroatoms. The first kappa shape index (κ1) is 31.9. The van der Waals surface area contributed by atoms with Crippen LogP contribution < -0.4 is 19.6 Å². The number of hydrogen-bond acceptors (Lipinski definition) is 4. The Morgan fingerprint density at radius 3 is 1.40 bits per heavy atom. The molecule has 47 heavy (non-hydrogen) atoms. The quantitative estimate of drug-likeness (QED) is 0.161. The minimum absolute atomic E-state index is 0. The van der Waals surface area contributed by atoms with Gasteiger partial charge in [0.05, 0.1) is 0 Å². The Labute approximate surface area is 292 Å². The largest absolute Gasteiger partial charge is 0.504 e. The van der Waals surface area contributed by atoms with Gasteiger partial charge in [-0.05, 0) is 55.1 Å². The summed E-state index contributed by atoms with van der Waals surface area (Å²) in [6.07, 6.45) is 1.86. The van der Waals surface area contributed by atoms with Crippen LogP contribution in [-0.4, -0.2) is 14.1 Å². The van der Waals surface area contributed by atoms with E-state index in [-0.39, 0.29) is 20.1 Å². The molecule has 2 heterocycles. The van der Waals surface area contributed by atoms with Crippen molar-refractivity contribution in [2.75, 3.05) is 33.7 Å². The maximum absolute atomic E-state index is 3.81. The van der Waals surface area contributed by atoms with Crippen molar-refractivity contribution >= 4 is 40.2 Å². The van der Waals surface area contributed by atoms with E-state index in [1.54, 1.807) is 0 Å². The van der Waals surface area contributed by atoms with E-state index in [1.807, 2.05) is 24.3 Å². The van der Waals surface area contributed by atoms with Crippen LogP contribution in [-0.2, 0) is 20.1 Å². The van der Waals surface area contributed by atoms with Crippen LogP contribution in [0.1, 0.15) is 5.56 Å². The van der Waals surface area contributed by atoms with Crippen molar-refractivity contribution < 1.29 is 20.1 Å². The van der Waals surface area contributed by atoms with Crippen molar-refractivity contribution in [3.05, 3.63) is 177 Å². The van der Waals surface area contributed by atoms with E-state index in [4.69, 9.17) is 0 Å². The Kier molecular flexibility index (Phi) is 9.58. The molecule has 0 fully saturated rings. The molecule has 0 atom stereocenters.